The Labute approximate surface area is 129 Å². The molecule has 0 aliphatic carbocycles. The monoisotopic (exact) mass is 309 g/mol. The number of rotatable bonds is 1. The Morgan fingerprint density at radius 1 is 1.15 bits per heavy atom. The molecule has 1 aliphatic heterocycles. The molecular weight excluding hydrogens is 290 g/mol. The average Bonchev–Trinajstić information content (AvgIpc) is 2.64. The van der Waals surface area contributed by atoms with Gasteiger partial charge in [0.25, 0.3) is 0 Å². The van der Waals surface area contributed by atoms with E-state index in [0.717, 1.165) is 29.3 Å². The predicted octanol–water partition coefficient (Wildman–Crippen LogP) is 4.44. The van der Waals surface area contributed by atoms with Crippen LogP contribution in [0.4, 0.5) is 5.95 Å². The van der Waals surface area contributed by atoms with Crippen LogP contribution in [-0.2, 0) is 0 Å². The first kappa shape index (κ1) is 14.1. The van der Waals surface area contributed by atoms with Crippen LogP contribution in [0.5, 0.6) is 0 Å². The Morgan fingerprint density at radius 2 is 1.80 bits per heavy atom. The summed E-state index contributed by atoms with van der Waals surface area (Å²) in [5, 5.41) is 1.62. The predicted molar refractivity (Wildman–Crippen MR) is 87.1 cm³/mol. The maximum atomic E-state index is 6.40. The summed E-state index contributed by atoms with van der Waals surface area (Å²) in [7, 11) is 0. The smallest absolute Gasteiger partial charge is 0.228 e. The third-order valence-corrected chi connectivity index (χ3v) is 5.50. The standard InChI is InChI=1S/C15H20ClN3S/c1-8-5-9(2)7-19(6-8)15-17-13(16)12-10(3)11(4)20-14(12)18-15/h8-9H,5-7H2,1-4H3. The molecule has 0 amide bonds. The van der Waals surface area contributed by atoms with Gasteiger partial charge in [-0.05, 0) is 37.7 Å². The first-order valence-electron chi connectivity index (χ1n) is 7.14. The largest absolute Gasteiger partial charge is 0.340 e. The zero-order valence-corrected chi connectivity index (χ0v) is 14.0. The van der Waals surface area contributed by atoms with Crippen molar-refractivity contribution in [2.75, 3.05) is 18.0 Å². The van der Waals surface area contributed by atoms with Gasteiger partial charge in [-0.15, -0.1) is 11.3 Å². The van der Waals surface area contributed by atoms with Gasteiger partial charge in [-0.25, -0.2) is 9.97 Å². The second kappa shape index (κ2) is 5.15. The summed E-state index contributed by atoms with van der Waals surface area (Å²) < 4.78 is 0. The van der Waals surface area contributed by atoms with Gasteiger partial charge in [-0.3, -0.25) is 0 Å². The maximum Gasteiger partial charge on any atom is 0.228 e. The molecule has 0 radical (unpaired) electrons. The van der Waals surface area contributed by atoms with Crippen molar-refractivity contribution in [2.24, 2.45) is 11.8 Å². The molecule has 2 aromatic heterocycles. The van der Waals surface area contributed by atoms with E-state index < -0.39 is 0 Å². The van der Waals surface area contributed by atoms with Crippen LogP contribution in [0.3, 0.4) is 0 Å². The number of anilines is 1. The summed E-state index contributed by atoms with van der Waals surface area (Å²) in [6.07, 6.45) is 1.28. The summed E-state index contributed by atoms with van der Waals surface area (Å²) >= 11 is 8.11. The minimum Gasteiger partial charge on any atom is -0.340 e. The van der Waals surface area contributed by atoms with Gasteiger partial charge in [0.05, 0.1) is 5.39 Å². The van der Waals surface area contributed by atoms with Gasteiger partial charge in [0.2, 0.25) is 5.95 Å². The molecule has 2 aromatic rings. The van der Waals surface area contributed by atoms with Crippen LogP contribution in [0.1, 0.15) is 30.7 Å². The van der Waals surface area contributed by atoms with Gasteiger partial charge in [-0.2, -0.15) is 0 Å². The number of hydrogen-bond donors (Lipinski definition) is 0. The molecule has 20 heavy (non-hydrogen) atoms. The van der Waals surface area contributed by atoms with Crippen molar-refractivity contribution in [1.82, 2.24) is 9.97 Å². The maximum absolute atomic E-state index is 6.40. The minimum atomic E-state index is 0.595. The van der Waals surface area contributed by atoms with Crippen LogP contribution in [0.2, 0.25) is 5.15 Å². The lowest BCUT2D eigenvalue weighted by Gasteiger charge is -2.35. The van der Waals surface area contributed by atoms with E-state index in [1.54, 1.807) is 11.3 Å². The lowest BCUT2D eigenvalue weighted by atomic mass is 9.92. The van der Waals surface area contributed by atoms with Crippen molar-refractivity contribution in [3.8, 4) is 0 Å². The van der Waals surface area contributed by atoms with Crippen LogP contribution >= 0.6 is 22.9 Å². The molecule has 0 saturated carbocycles. The molecule has 1 saturated heterocycles. The third kappa shape index (κ3) is 2.40. The number of fused-ring (bicyclic) bond motifs is 1. The van der Waals surface area contributed by atoms with E-state index in [9.17, 15) is 0 Å². The van der Waals surface area contributed by atoms with Gasteiger partial charge < -0.3 is 4.90 Å². The Kier molecular flexibility index (Phi) is 3.63. The van der Waals surface area contributed by atoms with Crippen LogP contribution in [0, 0.1) is 25.7 Å². The average molecular weight is 310 g/mol. The highest BCUT2D eigenvalue weighted by Crippen LogP contribution is 2.35. The molecule has 3 heterocycles. The Bertz CT molecular complexity index is 642. The second-order valence-electron chi connectivity index (χ2n) is 6.13. The quantitative estimate of drug-likeness (QED) is 0.729. The molecule has 3 rings (SSSR count). The molecule has 108 valence electrons. The van der Waals surface area contributed by atoms with Gasteiger partial charge in [0.15, 0.2) is 0 Å². The van der Waals surface area contributed by atoms with Crippen molar-refractivity contribution in [3.05, 3.63) is 15.6 Å². The fourth-order valence-corrected chi connectivity index (χ4v) is 4.55. The molecule has 0 N–H and O–H groups in total. The van der Waals surface area contributed by atoms with Crippen LogP contribution in [0.15, 0.2) is 0 Å². The topological polar surface area (TPSA) is 29.0 Å². The fraction of sp³-hybridized carbons (Fsp3) is 0.600. The van der Waals surface area contributed by atoms with E-state index in [4.69, 9.17) is 16.6 Å². The van der Waals surface area contributed by atoms with E-state index in [-0.39, 0.29) is 0 Å². The third-order valence-electron chi connectivity index (χ3n) is 4.12. The first-order valence-corrected chi connectivity index (χ1v) is 8.33. The molecule has 1 fully saturated rings. The molecule has 1 aliphatic rings. The number of nitrogens with zero attached hydrogens (tertiary/aromatic N) is 3. The van der Waals surface area contributed by atoms with Crippen LogP contribution < -0.4 is 4.90 Å². The zero-order chi connectivity index (χ0) is 14.4. The number of halogens is 1. The summed E-state index contributed by atoms with van der Waals surface area (Å²) in [5.41, 5.74) is 1.21. The molecule has 0 bridgehead atoms. The van der Waals surface area contributed by atoms with Crippen molar-refractivity contribution in [1.29, 1.82) is 0 Å². The van der Waals surface area contributed by atoms with E-state index in [1.165, 1.54) is 16.9 Å². The first-order chi connectivity index (χ1) is 9.45. The molecule has 0 aromatic carbocycles. The Balaban J connectivity index is 2.04. The molecule has 2 atom stereocenters. The number of hydrogen-bond acceptors (Lipinski definition) is 4. The summed E-state index contributed by atoms with van der Waals surface area (Å²) in [4.78, 5) is 13.9. The summed E-state index contributed by atoms with van der Waals surface area (Å²) in [5.74, 6) is 2.16. The number of thiophene rings is 1. The highest BCUT2D eigenvalue weighted by Gasteiger charge is 2.25. The van der Waals surface area contributed by atoms with Crippen molar-refractivity contribution < 1.29 is 0 Å². The molecule has 3 nitrogen and oxygen atoms in total. The van der Waals surface area contributed by atoms with Gasteiger partial charge in [0, 0.05) is 18.0 Å². The van der Waals surface area contributed by atoms with Crippen LogP contribution in [0.25, 0.3) is 10.2 Å². The van der Waals surface area contributed by atoms with Crippen molar-refractivity contribution in [2.45, 2.75) is 34.1 Å². The normalized spacial score (nSPS) is 23.6. The van der Waals surface area contributed by atoms with Gasteiger partial charge in [0.1, 0.15) is 9.98 Å². The molecule has 5 heteroatoms. The number of piperidine rings is 1. The van der Waals surface area contributed by atoms with Crippen molar-refractivity contribution >= 4 is 39.1 Å². The van der Waals surface area contributed by atoms with Crippen LogP contribution in [-0.4, -0.2) is 23.1 Å². The van der Waals surface area contributed by atoms with E-state index >= 15 is 0 Å². The van der Waals surface area contributed by atoms with Crippen molar-refractivity contribution in [3.63, 3.8) is 0 Å². The fourth-order valence-electron chi connectivity index (χ4n) is 3.16. The lowest BCUT2D eigenvalue weighted by molar-refractivity contribution is 0.354. The SMILES string of the molecule is Cc1sc2nc(N3CC(C)CC(C)C3)nc(Cl)c2c1C. The molecule has 0 spiro atoms. The highest BCUT2D eigenvalue weighted by molar-refractivity contribution is 7.18. The second-order valence-corrected chi connectivity index (χ2v) is 7.69. The van der Waals surface area contributed by atoms with Gasteiger partial charge >= 0.3 is 0 Å². The molecule has 2 unspecified atom stereocenters. The number of aromatic nitrogens is 2. The minimum absolute atomic E-state index is 0.595. The van der Waals surface area contributed by atoms with E-state index in [2.05, 4.69) is 37.6 Å². The highest BCUT2D eigenvalue weighted by atomic mass is 35.5. The van der Waals surface area contributed by atoms with E-state index in [0.29, 0.717) is 17.0 Å². The molecular formula is C15H20ClN3S. The lowest BCUT2D eigenvalue weighted by Crippen LogP contribution is -2.39. The number of aryl methyl sites for hydroxylation is 2. The summed E-state index contributed by atoms with van der Waals surface area (Å²) in [6, 6.07) is 0. The summed E-state index contributed by atoms with van der Waals surface area (Å²) in [6.45, 7) is 10.8. The van der Waals surface area contributed by atoms with E-state index in [1.807, 2.05) is 0 Å². The Hall–Kier alpha value is -0.870. The van der Waals surface area contributed by atoms with Gasteiger partial charge in [-0.1, -0.05) is 25.4 Å². The Morgan fingerprint density at radius 3 is 2.45 bits per heavy atom. The zero-order valence-electron chi connectivity index (χ0n) is 12.4.